The van der Waals surface area contributed by atoms with Gasteiger partial charge in [-0.3, -0.25) is 14.5 Å². The smallest absolute Gasteiger partial charge is 0.253 e. The maximum Gasteiger partial charge on any atom is 0.253 e. The molecule has 2 fully saturated rings. The fourth-order valence-corrected chi connectivity index (χ4v) is 5.09. The molecule has 0 saturated carbocycles. The van der Waals surface area contributed by atoms with Crippen molar-refractivity contribution in [3.8, 4) is 0 Å². The molecule has 2 saturated heterocycles. The molecule has 2 aliphatic rings. The summed E-state index contributed by atoms with van der Waals surface area (Å²) in [4.78, 5) is 32.7. The molecule has 2 heterocycles. The Kier molecular flexibility index (Phi) is 8.01. The molecule has 2 amide bonds. The van der Waals surface area contributed by atoms with Crippen LogP contribution in [0.3, 0.4) is 0 Å². The van der Waals surface area contributed by atoms with Crippen LogP contribution in [0.15, 0.2) is 42.5 Å². The number of carbonyl (C=O) groups is 2. The van der Waals surface area contributed by atoms with Gasteiger partial charge < -0.3 is 15.1 Å². The molecule has 4 rings (SSSR count). The lowest BCUT2D eigenvalue weighted by Crippen LogP contribution is -2.45. The fourth-order valence-electron chi connectivity index (χ4n) is 5.09. The third kappa shape index (κ3) is 6.45. The van der Waals surface area contributed by atoms with Crippen molar-refractivity contribution in [1.29, 1.82) is 0 Å². The zero-order valence-corrected chi connectivity index (χ0v) is 20.8. The van der Waals surface area contributed by atoms with E-state index in [1.54, 1.807) is 0 Å². The van der Waals surface area contributed by atoms with E-state index in [4.69, 9.17) is 0 Å². The molecular weight excluding hydrogens is 424 g/mol. The van der Waals surface area contributed by atoms with Crippen LogP contribution < -0.4 is 5.32 Å². The Morgan fingerprint density at radius 3 is 2.38 bits per heavy atom. The highest BCUT2D eigenvalue weighted by atomic mass is 16.2. The SMILES string of the molecule is Cc1cc(C)cc(C(=O)N2CCCC(C(=O)NCc3cccc(CN4CCN(C)CC4)c3)C2)c1. The molecule has 182 valence electrons. The summed E-state index contributed by atoms with van der Waals surface area (Å²) in [7, 11) is 2.17. The number of hydrogen-bond acceptors (Lipinski definition) is 4. The molecule has 1 unspecified atom stereocenters. The van der Waals surface area contributed by atoms with Crippen molar-refractivity contribution in [3.63, 3.8) is 0 Å². The average Bonchev–Trinajstić information content (AvgIpc) is 2.83. The van der Waals surface area contributed by atoms with Gasteiger partial charge in [-0.15, -0.1) is 0 Å². The number of rotatable bonds is 6. The van der Waals surface area contributed by atoms with Crippen LogP contribution >= 0.6 is 0 Å². The van der Waals surface area contributed by atoms with Gasteiger partial charge in [-0.05, 0) is 57.0 Å². The first kappa shape index (κ1) is 24.4. The number of nitrogens with zero attached hydrogens (tertiary/aromatic N) is 3. The number of piperazine rings is 1. The van der Waals surface area contributed by atoms with E-state index in [9.17, 15) is 9.59 Å². The molecule has 2 aromatic carbocycles. The molecule has 2 aromatic rings. The van der Waals surface area contributed by atoms with Gasteiger partial charge in [0.15, 0.2) is 0 Å². The lowest BCUT2D eigenvalue weighted by Gasteiger charge is -2.32. The van der Waals surface area contributed by atoms with Crippen molar-refractivity contribution in [2.45, 2.75) is 39.8 Å². The maximum absolute atomic E-state index is 13.1. The van der Waals surface area contributed by atoms with E-state index in [2.05, 4.69) is 52.5 Å². The Labute approximate surface area is 203 Å². The molecule has 1 atom stereocenters. The van der Waals surface area contributed by atoms with Crippen LogP contribution in [0.4, 0.5) is 0 Å². The number of likely N-dealkylation sites (N-methyl/N-ethyl adjacent to an activating group) is 1. The van der Waals surface area contributed by atoms with Gasteiger partial charge in [0.25, 0.3) is 5.91 Å². The third-order valence-corrected chi connectivity index (χ3v) is 7.01. The van der Waals surface area contributed by atoms with E-state index in [0.717, 1.165) is 67.8 Å². The molecular formula is C28H38N4O2. The number of benzene rings is 2. The summed E-state index contributed by atoms with van der Waals surface area (Å²) in [5.41, 5.74) is 5.31. The Hall–Kier alpha value is -2.70. The van der Waals surface area contributed by atoms with Crippen molar-refractivity contribution in [2.24, 2.45) is 5.92 Å². The summed E-state index contributed by atoms with van der Waals surface area (Å²) < 4.78 is 0. The number of carbonyl (C=O) groups excluding carboxylic acids is 2. The highest BCUT2D eigenvalue weighted by Crippen LogP contribution is 2.20. The largest absolute Gasteiger partial charge is 0.352 e. The number of amides is 2. The van der Waals surface area contributed by atoms with Gasteiger partial charge >= 0.3 is 0 Å². The minimum absolute atomic E-state index is 0.0286. The van der Waals surface area contributed by atoms with Crippen molar-refractivity contribution in [1.82, 2.24) is 20.0 Å². The van der Waals surface area contributed by atoms with E-state index in [1.165, 1.54) is 5.56 Å². The first-order chi connectivity index (χ1) is 16.4. The quantitative estimate of drug-likeness (QED) is 0.716. The van der Waals surface area contributed by atoms with Crippen molar-refractivity contribution < 1.29 is 9.59 Å². The molecule has 1 N–H and O–H groups in total. The Bertz CT molecular complexity index is 993. The van der Waals surface area contributed by atoms with Crippen LogP contribution in [0.25, 0.3) is 0 Å². The first-order valence-corrected chi connectivity index (χ1v) is 12.5. The Morgan fingerprint density at radius 1 is 0.941 bits per heavy atom. The number of likely N-dealkylation sites (tertiary alicyclic amines) is 1. The van der Waals surface area contributed by atoms with Gasteiger partial charge in [0.1, 0.15) is 0 Å². The summed E-state index contributed by atoms with van der Waals surface area (Å²) >= 11 is 0. The van der Waals surface area contributed by atoms with Crippen LogP contribution in [0.1, 0.15) is 45.5 Å². The van der Waals surface area contributed by atoms with Gasteiger partial charge in [-0.25, -0.2) is 0 Å². The average molecular weight is 463 g/mol. The van der Waals surface area contributed by atoms with Crippen molar-refractivity contribution in [3.05, 3.63) is 70.3 Å². The first-order valence-electron chi connectivity index (χ1n) is 12.5. The van der Waals surface area contributed by atoms with Crippen LogP contribution in [0.5, 0.6) is 0 Å². The van der Waals surface area contributed by atoms with Crippen LogP contribution in [0, 0.1) is 19.8 Å². The second kappa shape index (κ2) is 11.2. The zero-order chi connectivity index (χ0) is 24.1. The van der Waals surface area contributed by atoms with Gasteiger partial charge in [0, 0.05) is 57.9 Å². The molecule has 0 spiro atoms. The summed E-state index contributed by atoms with van der Waals surface area (Å²) in [5.74, 6) is -0.0829. The third-order valence-electron chi connectivity index (χ3n) is 7.01. The summed E-state index contributed by atoms with van der Waals surface area (Å²) in [6, 6.07) is 14.5. The lowest BCUT2D eigenvalue weighted by molar-refractivity contribution is -0.126. The van der Waals surface area contributed by atoms with Crippen LogP contribution in [-0.4, -0.2) is 72.8 Å². The molecule has 0 aromatic heterocycles. The lowest BCUT2D eigenvalue weighted by atomic mass is 9.96. The Morgan fingerprint density at radius 2 is 1.65 bits per heavy atom. The normalized spacial score (nSPS) is 19.7. The van der Waals surface area contributed by atoms with E-state index in [0.29, 0.717) is 19.6 Å². The minimum atomic E-state index is -0.155. The maximum atomic E-state index is 13.1. The molecule has 2 aliphatic heterocycles. The highest BCUT2D eigenvalue weighted by molar-refractivity contribution is 5.95. The second-order valence-electron chi connectivity index (χ2n) is 10.1. The molecule has 0 radical (unpaired) electrons. The zero-order valence-electron chi connectivity index (χ0n) is 20.8. The number of nitrogens with one attached hydrogen (secondary N) is 1. The number of piperidine rings is 1. The highest BCUT2D eigenvalue weighted by Gasteiger charge is 2.29. The van der Waals surface area contributed by atoms with E-state index < -0.39 is 0 Å². The predicted octanol–water partition coefficient (Wildman–Crippen LogP) is 3.22. The molecule has 0 aliphatic carbocycles. The molecule has 0 bridgehead atoms. The Balaban J connectivity index is 1.30. The summed E-state index contributed by atoms with van der Waals surface area (Å²) in [5, 5.41) is 3.13. The number of aryl methyl sites for hydroxylation is 2. The summed E-state index contributed by atoms with van der Waals surface area (Å²) in [6.45, 7) is 11.1. The van der Waals surface area contributed by atoms with Gasteiger partial charge in [-0.1, -0.05) is 41.5 Å². The molecule has 6 heteroatoms. The molecule has 34 heavy (non-hydrogen) atoms. The van der Waals surface area contributed by atoms with Crippen molar-refractivity contribution in [2.75, 3.05) is 46.3 Å². The fraction of sp³-hybridized carbons (Fsp3) is 0.500. The second-order valence-corrected chi connectivity index (χ2v) is 10.1. The van der Waals surface area contributed by atoms with Crippen LogP contribution in [-0.2, 0) is 17.9 Å². The van der Waals surface area contributed by atoms with E-state index in [1.807, 2.05) is 30.9 Å². The molecule has 6 nitrogen and oxygen atoms in total. The standard InChI is InChI=1S/C28H38N4O2/c1-21-14-22(2)16-26(15-21)28(34)32-9-5-8-25(20-32)27(33)29-18-23-6-4-7-24(17-23)19-31-12-10-30(3)11-13-31/h4,6-7,14-17,25H,5,8-13,18-20H2,1-3H3,(H,29,33). The minimum Gasteiger partial charge on any atom is -0.352 e. The summed E-state index contributed by atoms with van der Waals surface area (Å²) in [6.07, 6.45) is 1.68. The van der Waals surface area contributed by atoms with Gasteiger partial charge in [0.05, 0.1) is 5.92 Å². The van der Waals surface area contributed by atoms with Crippen LogP contribution in [0.2, 0.25) is 0 Å². The van der Waals surface area contributed by atoms with E-state index in [-0.39, 0.29) is 17.7 Å². The predicted molar refractivity (Wildman–Crippen MR) is 136 cm³/mol. The van der Waals surface area contributed by atoms with Crippen molar-refractivity contribution >= 4 is 11.8 Å². The van der Waals surface area contributed by atoms with E-state index >= 15 is 0 Å². The van der Waals surface area contributed by atoms with Gasteiger partial charge in [-0.2, -0.15) is 0 Å². The van der Waals surface area contributed by atoms with Gasteiger partial charge in [0.2, 0.25) is 5.91 Å². The number of hydrogen-bond donors (Lipinski definition) is 1. The topological polar surface area (TPSA) is 55.9 Å². The monoisotopic (exact) mass is 462 g/mol.